The third-order valence-electron chi connectivity index (χ3n) is 2.12. The van der Waals surface area contributed by atoms with Gasteiger partial charge in [0.2, 0.25) is 0 Å². The van der Waals surface area contributed by atoms with E-state index in [4.69, 9.17) is 9.47 Å². The Morgan fingerprint density at radius 2 is 2.21 bits per heavy atom. The molecule has 1 fully saturated rings. The number of alkyl halides is 1. The average Bonchev–Trinajstić information content (AvgIpc) is 2.13. The normalized spacial score (nSPS) is 25.3. The van der Waals surface area contributed by atoms with Crippen molar-refractivity contribution in [2.75, 3.05) is 20.3 Å². The first-order chi connectivity index (χ1) is 6.72. The molecular formula is C9H16BrNO3. The fourth-order valence-electron chi connectivity index (χ4n) is 1.18. The molecule has 0 radical (unpaired) electrons. The van der Waals surface area contributed by atoms with Crippen molar-refractivity contribution < 1.29 is 14.3 Å². The van der Waals surface area contributed by atoms with E-state index in [0.29, 0.717) is 24.1 Å². The molecule has 5 heteroatoms. The Balaban J connectivity index is 1.83. The molecule has 1 rings (SSSR count). The zero-order valence-electron chi connectivity index (χ0n) is 8.29. The predicted molar refractivity (Wildman–Crippen MR) is 56.7 cm³/mol. The molecule has 0 heterocycles. The highest BCUT2D eigenvalue weighted by atomic mass is 79.9. The molecule has 14 heavy (non-hydrogen) atoms. The largest absolute Gasteiger partial charge is 0.449 e. The van der Waals surface area contributed by atoms with Gasteiger partial charge in [-0.3, -0.25) is 0 Å². The van der Waals surface area contributed by atoms with Gasteiger partial charge in [0.1, 0.15) is 0 Å². The molecule has 1 N–H and O–H groups in total. The highest BCUT2D eigenvalue weighted by molar-refractivity contribution is 9.09. The zero-order valence-corrected chi connectivity index (χ0v) is 9.88. The molecule has 1 saturated carbocycles. The van der Waals surface area contributed by atoms with E-state index in [2.05, 4.69) is 21.2 Å². The van der Waals surface area contributed by atoms with Crippen LogP contribution in [0.25, 0.3) is 0 Å². The smallest absolute Gasteiger partial charge is 0.406 e. The van der Waals surface area contributed by atoms with Crippen molar-refractivity contribution >= 4 is 22.0 Å². The summed E-state index contributed by atoms with van der Waals surface area (Å²) in [6.07, 6.45) is 2.97. The van der Waals surface area contributed by atoms with Crippen molar-refractivity contribution in [3.05, 3.63) is 0 Å². The molecule has 82 valence electrons. The molecule has 0 aromatic heterocycles. The minimum Gasteiger partial charge on any atom is -0.449 e. The van der Waals surface area contributed by atoms with Gasteiger partial charge in [0.15, 0.2) is 0 Å². The van der Waals surface area contributed by atoms with Crippen molar-refractivity contribution in [2.24, 2.45) is 0 Å². The lowest BCUT2D eigenvalue weighted by Gasteiger charge is -2.30. The number of amides is 1. The molecule has 1 aliphatic rings. The van der Waals surface area contributed by atoms with Gasteiger partial charge in [0, 0.05) is 18.3 Å². The number of ether oxygens (including phenoxy) is 2. The second kappa shape index (κ2) is 6.24. The summed E-state index contributed by atoms with van der Waals surface area (Å²) in [4.78, 5) is 11.3. The molecule has 0 saturated heterocycles. The summed E-state index contributed by atoms with van der Waals surface area (Å²) in [5.41, 5.74) is 0. The number of halogens is 1. The first-order valence-corrected chi connectivity index (χ1v) is 5.74. The van der Waals surface area contributed by atoms with Gasteiger partial charge in [-0.1, -0.05) is 15.9 Å². The van der Waals surface area contributed by atoms with Crippen LogP contribution in [0.15, 0.2) is 0 Å². The maximum absolute atomic E-state index is 10.6. The average molecular weight is 266 g/mol. The van der Waals surface area contributed by atoms with Crippen LogP contribution in [0.3, 0.4) is 0 Å². The molecule has 0 aromatic carbocycles. The van der Waals surface area contributed by atoms with Gasteiger partial charge in [-0.2, -0.15) is 0 Å². The zero-order chi connectivity index (χ0) is 10.4. The SMILES string of the molecule is CNC(=O)OCCCOC1CC(Br)C1. The maximum atomic E-state index is 10.6. The third kappa shape index (κ3) is 4.28. The molecule has 4 nitrogen and oxygen atoms in total. The van der Waals surface area contributed by atoms with E-state index in [0.717, 1.165) is 19.3 Å². The fourth-order valence-corrected chi connectivity index (χ4v) is 2.02. The Hall–Kier alpha value is -0.290. The van der Waals surface area contributed by atoms with Gasteiger partial charge >= 0.3 is 6.09 Å². The topological polar surface area (TPSA) is 47.6 Å². The lowest BCUT2D eigenvalue weighted by molar-refractivity contribution is 0.000408. The van der Waals surface area contributed by atoms with E-state index < -0.39 is 0 Å². The van der Waals surface area contributed by atoms with Gasteiger partial charge in [0.25, 0.3) is 0 Å². The molecule has 0 atom stereocenters. The lowest BCUT2D eigenvalue weighted by atomic mass is 9.96. The minimum atomic E-state index is -0.380. The first kappa shape index (κ1) is 11.8. The Labute approximate surface area is 92.5 Å². The summed E-state index contributed by atoms with van der Waals surface area (Å²) in [6.45, 7) is 1.09. The summed E-state index contributed by atoms with van der Waals surface area (Å²) in [5.74, 6) is 0. The number of alkyl carbamates (subject to hydrolysis) is 1. The second-order valence-electron chi connectivity index (χ2n) is 3.30. The van der Waals surface area contributed by atoms with Crippen LogP contribution in [-0.2, 0) is 9.47 Å². The molecule has 0 aliphatic heterocycles. The molecule has 0 aromatic rings. The van der Waals surface area contributed by atoms with Crippen LogP contribution in [0.2, 0.25) is 0 Å². The van der Waals surface area contributed by atoms with E-state index in [1.165, 1.54) is 0 Å². The molecular weight excluding hydrogens is 250 g/mol. The monoisotopic (exact) mass is 265 g/mol. The van der Waals surface area contributed by atoms with Gasteiger partial charge in [-0.25, -0.2) is 4.79 Å². The van der Waals surface area contributed by atoms with Gasteiger partial charge in [-0.05, 0) is 12.8 Å². The Morgan fingerprint density at radius 1 is 1.50 bits per heavy atom. The predicted octanol–water partition coefficient (Wildman–Crippen LogP) is 1.67. The van der Waals surface area contributed by atoms with Crippen molar-refractivity contribution in [2.45, 2.75) is 30.2 Å². The van der Waals surface area contributed by atoms with Crippen LogP contribution in [0.1, 0.15) is 19.3 Å². The number of carbonyl (C=O) groups excluding carboxylic acids is 1. The quantitative estimate of drug-likeness (QED) is 0.608. The maximum Gasteiger partial charge on any atom is 0.406 e. The van der Waals surface area contributed by atoms with Crippen LogP contribution < -0.4 is 5.32 Å². The standard InChI is InChI=1S/C9H16BrNO3/c1-11-9(12)14-4-2-3-13-8-5-7(10)6-8/h7-8H,2-6H2,1H3,(H,11,12). The molecule has 1 aliphatic carbocycles. The number of hydrogen-bond donors (Lipinski definition) is 1. The van der Waals surface area contributed by atoms with Crippen LogP contribution in [0.5, 0.6) is 0 Å². The second-order valence-corrected chi connectivity index (χ2v) is 4.60. The first-order valence-electron chi connectivity index (χ1n) is 4.82. The van der Waals surface area contributed by atoms with Crippen LogP contribution in [0, 0.1) is 0 Å². The van der Waals surface area contributed by atoms with Crippen molar-refractivity contribution in [3.63, 3.8) is 0 Å². The van der Waals surface area contributed by atoms with Crippen LogP contribution in [0.4, 0.5) is 4.79 Å². The van der Waals surface area contributed by atoms with E-state index in [-0.39, 0.29) is 6.09 Å². The van der Waals surface area contributed by atoms with E-state index in [9.17, 15) is 4.79 Å². The van der Waals surface area contributed by atoms with Gasteiger partial charge < -0.3 is 14.8 Å². The summed E-state index contributed by atoms with van der Waals surface area (Å²) < 4.78 is 10.3. The Morgan fingerprint density at radius 3 is 2.79 bits per heavy atom. The minimum absolute atomic E-state index is 0.380. The summed E-state index contributed by atoms with van der Waals surface area (Å²) in [6, 6.07) is 0. The van der Waals surface area contributed by atoms with Crippen molar-refractivity contribution in [3.8, 4) is 0 Å². The number of nitrogens with one attached hydrogen (secondary N) is 1. The highest BCUT2D eigenvalue weighted by Gasteiger charge is 2.26. The number of hydrogen-bond acceptors (Lipinski definition) is 3. The van der Waals surface area contributed by atoms with Crippen molar-refractivity contribution in [1.82, 2.24) is 5.32 Å². The van der Waals surface area contributed by atoms with Gasteiger partial charge in [0.05, 0.1) is 19.3 Å². The molecule has 1 amide bonds. The van der Waals surface area contributed by atoms with E-state index in [1.807, 2.05) is 0 Å². The number of carbonyl (C=O) groups is 1. The lowest BCUT2D eigenvalue weighted by Crippen LogP contribution is -2.32. The van der Waals surface area contributed by atoms with E-state index >= 15 is 0 Å². The summed E-state index contributed by atoms with van der Waals surface area (Å²) in [5, 5.41) is 2.38. The van der Waals surface area contributed by atoms with Crippen LogP contribution in [-0.4, -0.2) is 37.3 Å². The Bertz CT molecular complexity index is 183. The molecule has 0 bridgehead atoms. The third-order valence-corrected chi connectivity index (χ3v) is 2.86. The Kier molecular flexibility index (Phi) is 5.25. The number of rotatable bonds is 5. The molecule has 0 unspecified atom stereocenters. The van der Waals surface area contributed by atoms with Crippen molar-refractivity contribution in [1.29, 1.82) is 0 Å². The van der Waals surface area contributed by atoms with Crippen LogP contribution >= 0.6 is 15.9 Å². The van der Waals surface area contributed by atoms with E-state index in [1.54, 1.807) is 7.05 Å². The fraction of sp³-hybridized carbons (Fsp3) is 0.889. The summed E-state index contributed by atoms with van der Waals surface area (Å²) >= 11 is 3.49. The highest BCUT2D eigenvalue weighted by Crippen LogP contribution is 2.29. The van der Waals surface area contributed by atoms with Gasteiger partial charge in [-0.15, -0.1) is 0 Å². The molecule has 0 spiro atoms. The summed E-state index contributed by atoms with van der Waals surface area (Å²) in [7, 11) is 1.54.